The molecule has 244 valence electrons. The Morgan fingerprint density at radius 1 is 0.978 bits per heavy atom. The fourth-order valence-electron chi connectivity index (χ4n) is 5.66. The summed E-state index contributed by atoms with van der Waals surface area (Å²) in [7, 11) is 1.60. The van der Waals surface area contributed by atoms with Crippen molar-refractivity contribution in [2.45, 2.75) is 63.5 Å². The van der Waals surface area contributed by atoms with Gasteiger partial charge in [-0.05, 0) is 68.0 Å². The van der Waals surface area contributed by atoms with Gasteiger partial charge < -0.3 is 21.1 Å². The number of anilines is 2. The number of aryl methyl sites for hydroxylation is 2. The molecule has 1 aliphatic rings. The van der Waals surface area contributed by atoms with Gasteiger partial charge in [-0.3, -0.25) is 9.48 Å². The Morgan fingerprint density at radius 3 is 2.33 bits per heavy atom. The molecule has 0 aliphatic heterocycles. The molecule has 0 spiro atoms. The summed E-state index contributed by atoms with van der Waals surface area (Å²) in [6.07, 6.45) is -7.23. The van der Waals surface area contributed by atoms with Crippen molar-refractivity contribution in [2.75, 3.05) is 10.6 Å². The number of nitrogens with one attached hydrogen (secondary N) is 3. The van der Waals surface area contributed by atoms with Gasteiger partial charge in [0.15, 0.2) is 5.82 Å². The zero-order valence-corrected chi connectivity index (χ0v) is 24.6. The highest BCUT2D eigenvalue weighted by Crippen LogP contribution is 2.37. The van der Waals surface area contributed by atoms with Gasteiger partial charge in [-0.25, -0.2) is 14.8 Å². The molecule has 0 bridgehead atoms. The third-order valence-corrected chi connectivity index (χ3v) is 7.93. The van der Waals surface area contributed by atoms with Gasteiger partial charge in [0.25, 0.3) is 0 Å². The average molecular weight is 650 g/mol. The summed E-state index contributed by atoms with van der Waals surface area (Å²) >= 11 is 0. The van der Waals surface area contributed by atoms with E-state index in [1.807, 2.05) is 6.92 Å². The molecule has 0 unspecified atom stereocenters. The maximum Gasteiger partial charge on any atom is 0.416 e. The van der Waals surface area contributed by atoms with E-state index in [-0.39, 0.29) is 17.9 Å². The summed E-state index contributed by atoms with van der Waals surface area (Å²) in [4.78, 5) is 32.6. The molecule has 1 aliphatic carbocycles. The molecule has 1 fully saturated rings. The molecule has 0 atom stereocenters. The van der Waals surface area contributed by atoms with Crippen LogP contribution in [0.3, 0.4) is 0 Å². The van der Waals surface area contributed by atoms with E-state index < -0.39 is 47.5 Å². The van der Waals surface area contributed by atoms with Crippen molar-refractivity contribution in [1.82, 2.24) is 25.1 Å². The van der Waals surface area contributed by atoms with Crippen LogP contribution < -0.4 is 16.0 Å². The van der Waals surface area contributed by atoms with Crippen molar-refractivity contribution >= 4 is 34.7 Å². The summed E-state index contributed by atoms with van der Waals surface area (Å²) in [5.41, 5.74) is -0.698. The first-order chi connectivity index (χ1) is 21.6. The van der Waals surface area contributed by atoms with Crippen LogP contribution in [0.15, 0.2) is 42.6 Å². The maximum atomic E-state index is 13.5. The molecule has 2 heterocycles. The second-order valence-electron chi connectivity index (χ2n) is 11.1. The minimum atomic E-state index is -4.95. The normalized spacial score (nSPS) is 17.1. The van der Waals surface area contributed by atoms with E-state index in [2.05, 4.69) is 31.0 Å². The number of hydrogen-bond donors (Lipinski definition) is 4. The number of alkyl halides is 6. The van der Waals surface area contributed by atoms with Gasteiger partial charge in [0, 0.05) is 42.3 Å². The predicted octanol–water partition coefficient (Wildman–Crippen LogP) is 6.55. The number of amides is 2. The van der Waals surface area contributed by atoms with Gasteiger partial charge in [0.1, 0.15) is 0 Å². The SMILES string of the molecule is Cc1c(-c2cc(NC(=O)Cc3cc(C(F)(F)F)ccc3C(F)(F)F)nn2C)ccc2nc(N[C@H]3CC[C@H](NC(=O)O)CC3)ncc12. The molecule has 0 saturated heterocycles. The minimum Gasteiger partial charge on any atom is -0.465 e. The van der Waals surface area contributed by atoms with Crippen molar-refractivity contribution in [1.29, 1.82) is 0 Å². The van der Waals surface area contributed by atoms with Gasteiger partial charge in [-0.1, -0.05) is 6.07 Å². The molecule has 2 amide bonds. The number of rotatable bonds is 7. The molecular weight excluding hydrogens is 620 g/mol. The molecule has 16 heteroatoms. The Labute approximate surface area is 258 Å². The quantitative estimate of drug-likeness (QED) is 0.167. The highest BCUT2D eigenvalue weighted by molar-refractivity contribution is 5.93. The van der Waals surface area contributed by atoms with E-state index >= 15 is 0 Å². The van der Waals surface area contributed by atoms with Crippen molar-refractivity contribution < 1.29 is 41.0 Å². The summed E-state index contributed by atoms with van der Waals surface area (Å²) < 4.78 is 81.3. The summed E-state index contributed by atoms with van der Waals surface area (Å²) in [5.74, 6) is -0.523. The van der Waals surface area contributed by atoms with Gasteiger partial charge >= 0.3 is 18.4 Å². The lowest BCUT2D eigenvalue weighted by Gasteiger charge is -2.28. The van der Waals surface area contributed by atoms with Crippen LogP contribution >= 0.6 is 0 Å². The zero-order chi connectivity index (χ0) is 33.4. The van der Waals surface area contributed by atoms with Gasteiger partial charge in [-0.2, -0.15) is 31.4 Å². The van der Waals surface area contributed by atoms with Crippen LogP contribution in [0.25, 0.3) is 22.2 Å². The van der Waals surface area contributed by atoms with Crippen LogP contribution in [-0.2, 0) is 30.6 Å². The standard InChI is InChI=1S/C30H29F6N7O3/c1-15-20(8-10-23-21(15)14-37-27(40-23)38-18-4-6-19(7-5-18)39-28(45)46)24-13-25(42-43(24)2)41-26(44)12-16-11-17(29(31,32)33)3-9-22(16)30(34,35)36/h3,8-11,13-14,18-19,39H,4-7,12H2,1-2H3,(H,45,46)(H,37,38,40)(H,41,42,44)/t18-,19-. The average Bonchev–Trinajstić information content (AvgIpc) is 3.31. The molecule has 5 rings (SSSR count). The lowest BCUT2D eigenvalue weighted by molar-refractivity contribution is -0.142. The Kier molecular flexibility index (Phi) is 8.82. The lowest BCUT2D eigenvalue weighted by Crippen LogP contribution is -2.39. The first-order valence-electron chi connectivity index (χ1n) is 14.2. The van der Waals surface area contributed by atoms with Crippen LogP contribution in [0.1, 0.15) is 47.9 Å². The topological polar surface area (TPSA) is 134 Å². The molecule has 46 heavy (non-hydrogen) atoms. The number of carbonyl (C=O) groups excluding carboxylic acids is 1. The van der Waals surface area contributed by atoms with E-state index in [0.717, 1.165) is 23.8 Å². The molecule has 2 aromatic carbocycles. The minimum absolute atomic E-state index is 0.00612. The summed E-state index contributed by atoms with van der Waals surface area (Å²) in [6, 6.07) is 6.11. The Hall–Kier alpha value is -4.89. The van der Waals surface area contributed by atoms with Crippen molar-refractivity contribution in [3.05, 3.63) is 64.8 Å². The van der Waals surface area contributed by atoms with Crippen molar-refractivity contribution in [3.8, 4) is 11.3 Å². The van der Waals surface area contributed by atoms with Gasteiger partial charge in [-0.15, -0.1) is 0 Å². The number of carboxylic acid groups (broad SMARTS) is 1. The van der Waals surface area contributed by atoms with Crippen LogP contribution in [0.4, 0.5) is 42.9 Å². The molecular formula is C30H29F6N7O3. The van der Waals surface area contributed by atoms with Crippen molar-refractivity contribution in [2.24, 2.45) is 7.05 Å². The maximum absolute atomic E-state index is 13.5. The highest BCUT2D eigenvalue weighted by atomic mass is 19.4. The molecule has 2 aromatic heterocycles. The molecule has 10 nitrogen and oxygen atoms in total. The Bertz CT molecular complexity index is 1780. The van der Waals surface area contributed by atoms with E-state index in [9.17, 15) is 35.9 Å². The number of carbonyl (C=O) groups is 2. The molecule has 4 aromatic rings. The van der Waals surface area contributed by atoms with E-state index in [1.54, 1.807) is 25.4 Å². The number of halogens is 6. The fraction of sp³-hybridized carbons (Fsp3) is 0.367. The van der Waals surface area contributed by atoms with Crippen LogP contribution in [0, 0.1) is 6.92 Å². The van der Waals surface area contributed by atoms with Gasteiger partial charge in [0.2, 0.25) is 11.9 Å². The molecule has 1 saturated carbocycles. The molecule has 0 radical (unpaired) electrons. The Balaban J connectivity index is 1.30. The Morgan fingerprint density at radius 2 is 1.67 bits per heavy atom. The van der Waals surface area contributed by atoms with Crippen molar-refractivity contribution in [3.63, 3.8) is 0 Å². The number of benzene rings is 2. The monoisotopic (exact) mass is 649 g/mol. The van der Waals surface area contributed by atoms with E-state index in [4.69, 9.17) is 5.11 Å². The predicted molar refractivity (Wildman–Crippen MR) is 156 cm³/mol. The second kappa shape index (κ2) is 12.5. The zero-order valence-electron chi connectivity index (χ0n) is 24.6. The first-order valence-corrected chi connectivity index (χ1v) is 14.2. The smallest absolute Gasteiger partial charge is 0.416 e. The van der Waals surface area contributed by atoms with E-state index in [0.29, 0.717) is 53.8 Å². The largest absolute Gasteiger partial charge is 0.465 e. The van der Waals surface area contributed by atoms with E-state index in [1.165, 1.54) is 10.7 Å². The number of fused-ring (bicyclic) bond motifs is 1. The van der Waals surface area contributed by atoms with Crippen LogP contribution in [-0.4, -0.2) is 48.9 Å². The summed E-state index contributed by atoms with van der Waals surface area (Å²) in [6.45, 7) is 1.85. The third-order valence-electron chi connectivity index (χ3n) is 7.93. The number of nitrogens with zero attached hydrogens (tertiary/aromatic N) is 4. The number of aromatic nitrogens is 4. The lowest BCUT2D eigenvalue weighted by atomic mass is 9.91. The second-order valence-corrected chi connectivity index (χ2v) is 11.1. The highest BCUT2D eigenvalue weighted by Gasteiger charge is 2.37. The third kappa shape index (κ3) is 7.32. The first kappa shape index (κ1) is 32.5. The number of hydrogen-bond acceptors (Lipinski definition) is 6. The fourth-order valence-corrected chi connectivity index (χ4v) is 5.66. The summed E-state index contributed by atoms with van der Waals surface area (Å²) in [5, 5.41) is 22.1. The van der Waals surface area contributed by atoms with Crippen LogP contribution in [0.2, 0.25) is 0 Å². The van der Waals surface area contributed by atoms with Crippen LogP contribution in [0.5, 0.6) is 0 Å². The molecule has 4 N–H and O–H groups in total. The van der Waals surface area contributed by atoms with Gasteiger partial charge in [0.05, 0.1) is 28.8 Å².